The number of hydroxylamine groups is 2. The van der Waals surface area contributed by atoms with Gasteiger partial charge in [0.25, 0.3) is 11.8 Å². The summed E-state index contributed by atoms with van der Waals surface area (Å²) in [6.07, 6.45) is 0.838. The van der Waals surface area contributed by atoms with Crippen molar-refractivity contribution in [1.82, 2.24) is 9.96 Å². The Kier molecular flexibility index (Phi) is 3.99. The molecule has 1 aliphatic carbocycles. The van der Waals surface area contributed by atoms with Crippen molar-refractivity contribution in [2.24, 2.45) is 11.3 Å². The van der Waals surface area contributed by atoms with E-state index in [9.17, 15) is 19.2 Å². The maximum atomic E-state index is 12.9. The monoisotopic (exact) mass is 386 g/mol. The minimum absolute atomic E-state index is 0.0669. The number of amides is 3. The molecule has 0 N–H and O–H groups in total. The van der Waals surface area contributed by atoms with Crippen LogP contribution in [0.1, 0.15) is 54.3 Å². The average molecular weight is 386 g/mol. The van der Waals surface area contributed by atoms with Gasteiger partial charge in [-0.25, -0.2) is 9.59 Å². The zero-order valence-electron chi connectivity index (χ0n) is 16.1. The Balaban J connectivity index is 1.48. The zero-order valence-corrected chi connectivity index (χ0v) is 16.1. The Hall–Kier alpha value is -2.90. The van der Waals surface area contributed by atoms with Gasteiger partial charge >= 0.3 is 12.1 Å². The van der Waals surface area contributed by atoms with Gasteiger partial charge in [-0.2, -0.15) is 0 Å². The number of imide groups is 1. The van der Waals surface area contributed by atoms with E-state index in [1.165, 1.54) is 17.0 Å². The minimum Gasteiger partial charge on any atom is -0.444 e. The van der Waals surface area contributed by atoms with E-state index in [4.69, 9.17) is 9.57 Å². The molecule has 148 valence electrons. The SMILES string of the molecule is CC(C)(C)OC(=O)N1C[C@@H]2CC[C@]2(C(=O)ON2C(=O)c3ccccc3C2=O)C1. The second kappa shape index (κ2) is 6.05. The van der Waals surface area contributed by atoms with Gasteiger partial charge in [-0.15, -0.1) is 0 Å². The van der Waals surface area contributed by atoms with Crippen LogP contribution in [0.4, 0.5) is 4.79 Å². The van der Waals surface area contributed by atoms with Crippen LogP contribution < -0.4 is 0 Å². The first kappa shape index (κ1) is 18.5. The molecule has 1 aromatic rings. The summed E-state index contributed by atoms with van der Waals surface area (Å²) in [6.45, 7) is 5.90. The summed E-state index contributed by atoms with van der Waals surface area (Å²) >= 11 is 0. The van der Waals surface area contributed by atoms with Gasteiger partial charge in [-0.1, -0.05) is 17.2 Å². The number of likely N-dealkylation sites (tertiary alicyclic amines) is 1. The maximum absolute atomic E-state index is 12.9. The van der Waals surface area contributed by atoms with E-state index in [1.807, 2.05) is 0 Å². The van der Waals surface area contributed by atoms with Gasteiger partial charge in [-0.05, 0) is 51.7 Å². The van der Waals surface area contributed by atoms with E-state index in [1.54, 1.807) is 32.9 Å². The van der Waals surface area contributed by atoms with Gasteiger partial charge in [0.15, 0.2) is 0 Å². The molecule has 8 nitrogen and oxygen atoms in total. The second-order valence-electron chi connectivity index (χ2n) is 8.58. The van der Waals surface area contributed by atoms with Crippen molar-refractivity contribution in [3.8, 4) is 0 Å². The first-order chi connectivity index (χ1) is 13.1. The van der Waals surface area contributed by atoms with Crippen LogP contribution in [0.25, 0.3) is 0 Å². The van der Waals surface area contributed by atoms with Gasteiger partial charge in [0.2, 0.25) is 0 Å². The first-order valence-corrected chi connectivity index (χ1v) is 9.30. The van der Waals surface area contributed by atoms with Crippen LogP contribution in [0.5, 0.6) is 0 Å². The quantitative estimate of drug-likeness (QED) is 0.725. The topological polar surface area (TPSA) is 93.2 Å². The van der Waals surface area contributed by atoms with Crippen LogP contribution in [0.2, 0.25) is 0 Å². The van der Waals surface area contributed by atoms with Gasteiger partial charge < -0.3 is 14.5 Å². The molecule has 1 aromatic carbocycles. The van der Waals surface area contributed by atoms with Crippen LogP contribution in [0.15, 0.2) is 24.3 Å². The van der Waals surface area contributed by atoms with Crippen molar-refractivity contribution in [1.29, 1.82) is 0 Å². The fraction of sp³-hybridized carbons (Fsp3) is 0.500. The molecular formula is C20H22N2O6. The average Bonchev–Trinajstić information content (AvgIpc) is 3.01. The highest BCUT2D eigenvalue weighted by atomic mass is 16.7. The second-order valence-corrected chi connectivity index (χ2v) is 8.58. The molecule has 0 bridgehead atoms. The van der Waals surface area contributed by atoms with Gasteiger partial charge in [-0.3, -0.25) is 9.59 Å². The number of benzene rings is 1. The van der Waals surface area contributed by atoms with Crippen LogP contribution in [-0.4, -0.2) is 52.5 Å². The Labute approximate surface area is 162 Å². The third-order valence-electron chi connectivity index (χ3n) is 5.62. The van der Waals surface area contributed by atoms with Crippen molar-refractivity contribution in [3.05, 3.63) is 35.4 Å². The highest BCUT2D eigenvalue weighted by molar-refractivity contribution is 6.20. The van der Waals surface area contributed by atoms with Crippen molar-refractivity contribution in [3.63, 3.8) is 0 Å². The lowest BCUT2D eigenvalue weighted by Gasteiger charge is -2.40. The molecule has 0 unspecified atom stereocenters. The molecule has 0 spiro atoms. The Bertz CT molecular complexity index is 854. The molecule has 28 heavy (non-hydrogen) atoms. The summed E-state index contributed by atoms with van der Waals surface area (Å²) in [5.41, 5.74) is -1.10. The summed E-state index contributed by atoms with van der Waals surface area (Å²) in [4.78, 5) is 57.0. The summed E-state index contributed by atoms with van der Waals surface area (Å²) in [6, 6.07) is 6.33. The minimum atomic E-state index is -0.897. The van der Waals surface area contributed by atoms with Gasteiger partial charge in [0.05, 0.1) is 16.5 Å². The van der Waals surface area contributed by atoms with Crippen molar-refractivity contribution in [2.45, 2.75) is 39.2 Å². The van der Waals surface area contributed by atoms with E-state index in [0.29, 0.717) is 18.0 Å². The number of nitrogens with zero attached hydrogens (tertiary/aromatic N) is 2. The van der Waals surface area contributed by atoms with E-state index >= 15 is 0 Å². The fourth-order valence-electron chi connectivity index (χ4n) is 4.06. The molecule has 3 amide bonds. The number of hydrogen-bond donors (Lipinski definition) is 0. The number of ether oxygens (including phenoxy) is 1. The molecule has 3 aliphatic rings. The van der Waals surface area contributed by atoms with E-state index in [-0.39, 0.29) is 23.6 Å². The standard InChI is InChI=1S/C20H22N2O6/c1-19(2,3)27-18(26)21-10-12-8-9-20(12,11-21)17(25)28-22-15(23)13-6-4-5-7-14(13)16(22)24/h4-7,12H,8-11H2,1-3H3/t12-,20-/m0/s1. The lowest BCUT2D eigenvalue weighted by Crippen LogP contribution is -2.50. The largest absolute Gasteiger partial charge is 0.444 e. The number of hydrogen-bond acceptors (Lipinski definition) is 6. The number of carbonyl (C=O) groups is 4. The molecule has 1 saturated heterocycles. The molecule has 0 radical (unpaired) electrons. The summed E-state index contributed by atoms with van der Waals surface area (Å²) in [7, 11) is 0. The molecule has 2 aliphatic heterocycles. The zero-order chi connectivity index (χ0) is 20.3. The molecule has 8 heteroatoms. The predicted molar refractivity (Wildman–Crippen MR) is 96.0 cm³/mol. The third kappa shape index (κ3) is 2.75. The smallest absolute Gasteiger partial charge is 0.410 e. The van der Waals surface area contributed by atoms with Crippen molar-refractivity contribution < 1.29 is 28.8 Å². The van der Waals surface area contributed by atoms with Crippen LogP contribution in [0.3, 0.4) is 0 Å². The number of carbonyl (C=O) groups excluding carboxylic acids is 4. The summed E-state index contributed by atoms with van der Waals surface area (Å²) in [5, 5.41) is 0.535. The van der Waals surface area contributed by atoms with Crippen LogP contribution in [0, 0.1) is 11.3 Å². The Morgan fingerprint density at radius 3 is 2.21 bits per heavy atom. The lowest BCUT2D eigenvalue weighted by molar-refractivity contribution is -0.189. The fourth-order valence-corrected chi connectivity index (χ4v) is 4.06. The van der Waals surface area contributed by atoms with Gasteiger partial charge in [0, 0.05) is 13.1 Å². The number of fused-ring (bicyclic) bond motifs is 2. The highest BCUT2D eigenvalue weighted by Gasteiger charge is 2.61. The van der Waals surface area contributed by atoms with E-state index in [2.05, 4.69) is 0 Å². The van der Waals surface area contributed by atoms with E-state index in [0.717, 1.165) is 6.42 Å². The molecule has 4 rings (SSSR count). The van der Waals surface area contributed by atoms with Crippen molar-refractivity contribution >= 4 is 23.9 Å². The molecule has 1 saturated carbocycles. The normalized spacial score (nSPS) is 25.9. The Morgan fingerprint density at radius 1 is 1.11 bits per heavy atom. The molecular weight excluding hydrogens is 364 g/mol. The van der Waals surface area contributed by atoms with E-state index < -0.39 is 34.9 Å². The van der Waals surface area contributed by atoms with Crippen molar-refractivity contribution in [2.75, 3.05) is 13.1 Å². The number of rotatable bonds is 2. The highest BCUT2D eigenvalue weighted by Crippen LogP contribution is 2.53. The van der Waals surface area contributed by atoms with Crippen LogP contribution >= 0.6 is 0 Å². The molecule has 2 heterocycles. The molecule has 2 fully saturated rings. The lowest BCUT2D eigenvalue weighted by atomic mass is 9.62. The third-order valence-corrected chi connectivity index (χ3v) is 5.62. The Morgan fingerprint density at radius 2 is 1.71 bits per heavy atom. The first-order valence-electron chi connectivity index (χ1n) is 9.30. The van der Waals surface area contributed by atoms with Crippen LogP contribution in [-0.2, 0) is 14.4 Å². The summed E-state index contributed by atoms with van der Waals surface area (Å²) < 4.78 is 5.40. The summed E-state index contributed by atoms with van der Waals surface area (Å²) in [5.74, 6) is -2.02. The molecule has 0 aromatic heterocycles. The maximum Gasteiger partial charge on any atom is 0.410 e. The van der Waals surface area contributed by atoms with Gasteiger partial charge in [0.1, 0.15) is 5.60 Å². The predicted octanol–water partition coefficient (Wildman–Crippen LogP) is 2.39. The molecule has 2 atom stereocenters.